The molecule has 192 valence electrons. The van der Waals surface area contributed by atoms with Crippen LogP contribution >= 0.6 is 11.3 Å². The summed E-state index contributed by atoms with van der Waals surface area (Å²) in [5.41, 5.74) is 5.54. The topological polar surface area (TPSA) is 113 Å². The number of hydrogen-bond donors (Lipinski definition) is 2. The van der Waals surface area contributed by atoms with Crippen molar-refractivity contribution >= 4 is 39.8 Å². The van der Waals surface area contributed by atoms with Crippen LogP contribution in [-0.4, -0.2) is 69.1 Å². The van der Waals surface area contributed by atoms with E-state index in [4.69, 9.17) is 4.98 Å². The second-order valence-corrected chi connectivity index (χ2v) is 10.5. The first-order valence-corrected chi connectivity index (χ1v) is 13.3. The molecule has 1 fully saturated rings. The van der Waals surface area contributed by atoms with Gasteiger partial charge in [-0.25, -0.2) is 4.52 Å². The number of carbonyl (C=O) groups excluding carboxylic acids is 1. The lowest BCUT2D eigenvalue weighted by molar-refractivity contribution is -0.119. The Kier molecular flexibility index (Phi) is 7.13. The zero-order valence-corrected chi connectivity index (χ0v) is 22.3. The summed E-state index contributed by atoms with van der Waals surface area (Å²) in [7, 11) is 1.75. The second kappa shape index (κ2) is 10.6. The van der Waals surface area contributed by atoms with Crippen LogP contribution < -0.4 is 15.5 Å². The molecule has 11 heteroatoms. The first-order valence-electron chi connectivity index (χ1n) is 12.4. The third-order valence-corrected chi connectivity index (χ3v) is 7.25. The molecule has 0 spiro atoms. The maximum atomic E-state index is 11.4. The molecule has 0 atom stereocenters. The van der Waals surface area contributed by atoms with Gasteiger partial charge in [-0.1, -0.05) is 11.3 Å². The highest BCUT2D eigenvalue weighted by Crippen LogP contribution is 2.36. The number of carbonyl (C=O) groups is 1. The molecule has 0 bridgehead atoms. The highest BCUT2D eigenvalue weighted by atomic mass is 32.1. The van der Waals surface area contributed by atoms with E-state index in [0.29, 0.717) is 0 Å². The van der Waals surface area contributed by atoms with Crippen molar-refractivity contribution in [3.8, 4) is 22.0 Å². The van der Waals surface area contributed by atoms with Gasteiger partial charge in [-0.2, -0.15) is 5.10 Å². The van der Waals surface area contributed by atoms with Crippen molar-refractivity contribution < 1.29 is 4.79 Å². The minimum Gasteiger partial charge on any atom is -0.382 e. The molecule has 0 unspecified atom stereocenters. The van der Waals surface area contributed by atoms with Crippen LogP contribution in [0.4, 0.5) is 10.8 Å². The van der Waals surface area contributed by atoms with Gasteiger partial charge in [0.2, 0.25) is 11.0 Å². The van der Waals surface area contributed by atoms with Crippen molar-refractivity contribution in [2.75, 3.05) is 30.4 Å². The summed E-state index contributed by atoms with van der Waals surface area (Å²) < 4.78 is 1.89. The molecular weight excluding hydrogens is 486 g/mol. The van der Waals surface area contributed by atoms with Gasteiger partial charge in [-0.15, -0.1) is 10.2 Å². The molecule has 2 N–H and O–H groups in total. The monoisotopic (exact) mass is 517 g/mol. The Morgan fingerprint density at radius 1 is 1.19 bits per heavy atom. The van der Waals surface area contributed by atoms with E-state index < -0.39 is 0 Å². The summed E-state index contributed by atoms with van der Waals surface area (Å²) in [5.74, 6) is 0.0254. The number of pyridine rings is 1. The van der Waals surface area contributed by atoms with E-state index >= 15 is 0 Å². The number of nitrogens with zero attached hydrogens (tertiary/aromatic N) is 7. The van der Waals surface area contributed by atoms with Gasteiger partial charge >= 0.3 is 0 Å². The van der Waals surface area contributed by atoms with Crippen LogP contribution in [0.25, 0.3) is 27.5 Å². The number of piperidine rings is 1. The fraction of sp³-hybridized carbons (Fsp3) is 0.385. The Bertz CT molecular complexity index is 1430. The van der Waals surface area contributed by atoms with Crippen LogP contribution in [0.3, 0.4) is 0 Å². The van der Waals surface area contributed by atoms with Gasteiger partial charge in [0.25, 0.3) is 0 Å². The number of aromatic nitrogens is 5. The van der Waals surface area contributed by atoms with Gasteiger partial charge in [0.15, 0.2) is 5.01 Å². The summed E-state index contributed by atoms with van der Waals surface area (Å²) in [4.78, 5) is 22.5. The summed E-state index contributed by atoms with van der Waals surface area (Å²) in [6.45, 7) is 7.47. The molecule has 1 saturated heterocycles. The first-order chi connectivity index (χ1) is 17.9. The van der Waals surface area contributed by atoms with Crippen molar-refractivity contribution in [1.82, 2.24) is 30.1 Å². The van der Waals surface area contributed by atoms with Crippen LogP contribution in [0.2, 0.25) is 0 Å². The van der Waals surface area contributed by atoms with Crippen LogP contribution in [0.1, 0.15) is 39.2 Å². The number of aliphatic imine (C=N–C) groups is 1. The minimum absolute atomic E-state index is 0.0254. The number of nitrogens with one attached hydrogen (secondary N) is 2. The van der Waals surface area contributed by atoms with E-state index in [-0.39, 0.29) is 18.0 Å². The van der Waals surface area contributed by atoms with Gasteiger partial charge in [0.1, 0.15) is 0 Å². The molecule has 4 aromatic heterocycles. The third kappa shape index (κ3) is 5.46. The zero-order valence-electron chi connectivity index (χ0n) is 21.5. The minimum atomic E-state index is 0.0254. The molecule has 1 amide bonds. The fourth-order valence-electron chi connectivity index (χ4n) is 4.58. The van der Waals surface area contributed by atoms with E-state index in [0.717, 1.165) is 69.8 Å². The van der Waals surface area contributed by atoms with Crippen molar-refractivity contribution in [2.45, 2.75) is 45.7 Å². The molecule has 5 rings (SSSR count). The Morgan fingerprint density at radius 2 is 2.00 bits per heavy atom. The van der Waals surface area contributed by atoms with Crippen molar-refractivity contribution in [2.24, 2.45) is 4.99 Å². The molecule has 10 nitrogen and oxygen atoms in total. The van der Waals surface area contributed by atoms with E-state index in [2.05, 4.69) is 55.7 Å². The van der Waals surface area contributed by atoms with Crippen LogP contribution in [-0.2, 0) is 4.79 Å². The predicted molar refractivity (Wildman–Crippen MR) is 149 cm³/mol. The SMILES string of the molecule is C/N=C\c1cnn2c(-c3cc(NC(C)C)c(-c4nnc(N5CCC(NC(C)=O)CC5)s4)cn3)ccc2c1. The summed E-state index contributed by atoms with van der Waals surface area (Å²) in [6, 6.07) is 8.63. The van der Waals surface area contributed by atoms with Gasteiger partial charge in [0, 0.05) is 62.8 Å². The fourth-order valence-corrected chi connectivity index (χ4v) is 5.50. The van der Waals surface area contributed by atoms with E-state index in [1.807, 2.05) is 28.9 Å². The van der Waals surface area contributed by atoms with Crippen LogP contribution in [0, 0.1) is 0 Å². The molecule has 0 saturated carbocycles. The maximum Gasteiger partial charge on any atom is 0.217 e. The number of anilines is 2. The van der Waals surface area contributed by atoms with E-state index in [1.54, 1.807) is 37.7 Å². The van der Waals surface area contributed by atoms with Crippen LogP contribution in [0.15, 0.2) is 41.7 Å². The average Bonchev–Trinajstić information content (AvgIpc) is 3.51. The van der Waals surface area contributed by atoms with Crippen molar-refractivity contribution in [3.63, 3.8) is 0 Å². The summed E-state index contributed by atoms with van der Waals surface area (Å²) >= 11 is 1.57. The lowest BCUT2D eigenvalue weighted by atomic mass is 10.1. The highest BCUT2D eigenvalue weighted by molar-refractivity contribution is 7.18. The summed E-state index contributed by atoms with van der Waals surface area (Å²) in [5, 5.41) is 21.9. The average molecular weight is 518 g/mol. The third-order valence-electron chi connectivity index (χ3n) is 6.23. The molecule has 0 aromatic carbocycles. The lowest BCUT2D eigenvalue weighted by Crippen LogP contribution is -2.44. The molecule has 0 radical (unpaired) electrons. The number of rotatable bonds is 7. The number of fused-ring (bicyclic) bond motifs is 1. The predicted octanol–water partition coefficient (Wildman–Crippen LogP) is 3.89. The lowest BCUT2D eigenvalue weighted by Gasteiger charge is -2.31. The van der Waals surface area contributed by atoms with Crippen LogP contribution in [0.5, 0.6) is 0 Å². The van der Waals surface area contributed by atoms with Gasteiger partial charge < -0.3 is 15.5 Å². The van der Waals surface area contributed by atoms with E-state index in [9.17, 15) is 4.79 Å². The number of hydrogen-bond acceptors (Lipinski definition) is 9. The zero-order chi connectivity index (χ0) is 25.9. The maximum absolute atomic E-state index is 11.4. The standard InChI is InChI=1S/C26H31N9OS/c1-16(2)30-22-12-23(24-6-5-20-11-18(13-27-4)14-29-35(20)24)28-15-21(22)25-32-33-26(37-25)34-9-7-19(8-10-34)31-17(3)36/h5-6,11-16,19H,7-10H2,1-4H3,(H,28,30)(H,31,36)/b27-13-. The molecule has 0 aliphatic carbocycles. The Labute approximate surface area is 219 Å². The van der Waals surface area contributed by atoms with E-state index in [1.165, 1.54) is 0 Å². The second-order valence-electron chi connectivity index (χ2n) is 9.50. The molecular formula is C26H31N9OS. The highest BCUT2D eigenvalue weighted by Gasteiger charge is 2.23. The normalized spacial score (nSPS) is 14.7. The Morgan fingerprint density at radius 3 is 2.73 bits per heavy atom. The molecule has 37 heavy (non-hydrogen) atoms. The quantitative estimate of drug-likeness (QED) is 0.358. The van der Waals surface area contributed by atoms with Crippen molar-refractivity contribution in [1.29, 1.82) is 0 Å². The summed E-state index contributed by atoms with van der Waals surface area (Å²) in [6.07, 6.45) is 7.25. The van der Waals surface area contributed by atoms with Gasteiger partial charge in [0.05, 0.1) is 28.7 Å². The smallest absolute Gasteiger partial charge is 0.217 e. The Hall–Kier alpha value is -3.86. The molecule has 5 heterocycles. The molecule has 1 aliphatic heterocycles. The Balaban J connectivity index is 1.42. The number of amides is 1. The first kappa shape index (κ1) is 24.8. The largest absolute Gasteiger partial charge is 0.382 e. The van der Waals surface area contributed by atoms with Gasteiger partial charge in [-0.3, -0.25) is 14.8 Å². The molecule has 1 aliphatic rings. The van der Waals surface area contributed by atoms with Gasteiger partial charge in [-0.05, 0) is 51.0 Å². The molecule has 4 aromatic rings. The van der Waals surface area contributed by atoms with Crippen molar-refractivity contribution in [3.05, 3.63) is 42.2 Å².